The lowest BCUT2D eigenvalue weighted by Gasteiger charge is -2.33. The third kappa shape index (κ3) is 4.27. The number of nitrogens with one attached hydrogen (secondary N) is 1. The molecule has 1 aliphatic rings. The second kappa shape index (κ2) is 8.78. The first-order valence-corrected chi connectivity index (χ1v) is 9.64. The second-order valence-electron chi connectivity index (χ2n) is 6.91. The fraction of sp³-hybridized carbons (Fsp3) is 0.364. The Morgan fingerprint density at radius 1 is 1.25 bits per heavy atom. The lowest BCUT2D eigenvalue weighted by molar-refractivity contribution is -0.127. The van der Waals surface area contributed by atoms with Crippen LogP contribution in [-0.2, 0) is 9.59 Å². The molecule has 1 aliphatic heterocycles. The highest BCUT2D eigenvalue weighted by molar-refractivity contribution is 6.03. The van der Waals surface area contributed by atoms with Gasteiger partial charge in [-0.05, 0) is 50.6 Å². The molecule has 148 valence electrons. The maximum absolute atomic E-state index is 12.7. The number of para-hydroxylation sites is 1. The summed E-state index contributed by atoms with van der Waals surface area (Å²) in [5.74, 6) is 0.248. The van der Waals surface area contributed by atoms with E-state index in [0.717, 1.165) is 17.8 Å². The molecule has 0 spiro atoms. The fourth-order valence-corrected chi connectivity index (χ4v) is 3.39. The summed E-state index contributed by atoms with van der Waals surface area (Å²) in [6.07, 6.45) is 0. The monoisotopic (exact) mass is 381 g/mol. The smallest absolute Gasteiger partial charge is 0.265 e. The third-order valence-corrected chi connectivity index (χ3v) is 4.94. The van der Waals surface area contributed by atoms with Crippen LogP contribution in [-0.4, -0.2) is 44.1 Å². The van der Waals surface area contributed by atoms with E-state index in [-0.39, 0.29) is 18.4 Å². The maximum atomic E-state index is 12.7. The Balaban J connectivity index is 1.63. The number of carbonyl (C=O) groups is 2. The van der Waals surface area contributed by atoms with Crippen molar-refractivity contribution in [3.8, 4) is 5.75 Å². The molecule has 2 amide bonds. The maximum Gasteiger partial charge on any atom is 0.265 e. The highest BCUT2D eigenvalue weighted by Gasteiger charge is 2.33. The van der Waals surface area contributed by atoms with E-state index in [2.05, 4.69) is 29.3 Å². The fourth-order valence-electron chi connectivity index (χ4n) is 3.39. The Bertz CT molecular complexity index is 838. The Morgan fingerprint density at radius 3 is 2.71 bits per heavy atom. The topological polar surface area (TPSA) is 61.9 Å². The van der Waals surface area contributed by atoms with Gasteiger partial charge in [-0.15, -0.1) is 0 Å². The number of hydrogen-bond acceptors (Lipinski definition) is 4. The summed E-state index contributed by atoms with van der Waals surface area (Å²) in [4.78, 5) is 28.9. The number of likely N-dealkylation sites (N-methyl/N-ethyl adjacent to an activating group) is 1. The summed E-state index contributed by atoms with van der Waals surface area (Å²) in [5, 5.41) is 2.96. The van der Waals surface area contributed by atoms with E-state index in [0.29, 0.717) is 24.5 Å². The summed E-state index contributed by atoms with van der Waals surface area (Å²) >= 11 is 0. The van der Waals surface area contributed by atoms with E-state index in [4.69, 9.17) is 4.74 Å². The minimum Gasteiger partial charge on any atom is -0.482 e. The number of anilines is 2. The number of carbonyl (C=O) groups excluding carboxylic acids is 2. The predicted octanol–water partition coefficient (Wildman–Crippen LogP) is 2.75. The van der Waals surface area contributed by atoms with Crippen molar-refractivity contribution >= 4 is 23.2 Å². The van der Waals surface area contributed by atoms with Gasteiger partial charge < -0.3 is 15.0 Å². The van der Waals surface area contributed by atoms with Crippen molar-refractivity contribution in [2.75, 3.05) is 36.0 Å². The quantitative estimate of drug-likeness (QED) is 0.801. The van der Waals surface area contributed by atoms with Gasteiger partial charge in [0.15, 0.2) is 6.61 Å². The largest absolute Gasteiger partial charge is 0.482 e. The molecule has 2 aromatic carbocycles. The molecule has 0 radical (unpaired) electrons. The Morgan fingerprint density at radius 2 is 2.00 bits per heavy atom. The van der Waals surface area contributed by atoms with Gasteiger partial charge in [-0.1, -0.05) is 24.3 Å². The molecule has 0 unspecified atom stereocenters. The highest BCUT2D eigenvalue weighted by Crippen LogP contribution is 2.34. The molecule has 3 rings (SSSR count). The van der Waals surface area contributed by atoms with Crippen molar-refractivity contribution in [2.24, 2.45) is 0 Å². The van der Waals surface area contributed by atoms with Gasteiger partial charge in [0.1, 0.15) is 11.8 Å². The van der Waals surface area contributed by atoms with Crippen LogP contribution < -0.4 is 19.9 Å². The molecular formula is C22H27N3O3. The molecule has 0 saturated carbocycles. The van der Waals surface area contributed by atoms with E-state index < -0.39 is 6.04 Å². The first kappa shape index (κ1) is 19.7. The molecule has 0 fully saturated rings. The minimum atomic E-state index is -0.608. The van der Waals surface area contributed by atoms with Crippen LogP contribution in [0.4, 0.5) is 11.4 Å². The standard InChI is InChI=1S/C22H27N3O3/c1-4-24(18-8-6-5-7-9-18)13-12-23-22(27)17(3)25-19-14-16(2)10-11-20(19)28-15-21(25)26/h5-11,14,17H,4,12-13,15H2,1-3H3,(H,23,27)/t17-/m0/s1. The average Bonchev–Trinajstić information content (AvgIpc) is 2.71. The SMILES string of the molecule is CCN(CCNC(=O)[C@H](C)N1C(=O)COc2ccc(C)cc21)c1ccccc1. The predicted molar refractivity (Wildman–Crippen MR) is 111 cm³/mol. The second-order valence-corrected chi connectivity index (χ2v) is 6.91. The van der Waals surface area contributed by atoms with Crippen molar-refractivity contribution in [2.45, 2.75) is 26.8 Å². The van der Waals surface area contributed by atoms with Crippen LogP contribution in [0, 0.1) is 6.92 Å². The number of benzene rings is 2. The summed E-state index contributed by atoms with van der Waals surface area (Å²) in [6, 6.07) is 15.1. The zero-order valence-corrected chi connectivity index (χ0v) is 16.6. The first-order valence-electron chi connectivity index (χ1n) is 9.64. The molecule has 2 aromatic rings. The van der Waals surface area contributed by atoms with E-state index in [1.54, 1.807) is 6.92 Å². The molecule has 1 heterocycles. The Labute approximate surface area is 166 Å². The third-order valence-electron chi connectivity index (χ3n) is 4.94. The van der Waals surface area contributed by atoms with Crippen molar-refractivity contribution in [3.05, 3.63) is 54.1 Å². The molecule has 0 saturated heterocycles. The van der Waals surface area contributed by atoms with Crippen molar-refractivity contribution < 1.29 is 14.3 Å². The number of fused-ring (bicyclic) bond motifs is 1. The molecule has 6 heteroatoms. The molecule has 6 nitrogen and oxygen atoms in total. The van der Waals surface area contributed by atoms with Crippen molar-refractivity contribution in [3.63, 3.8) is 0 Å². The molecule has 1 N–H and O–H groups in total. The van der Waals surface area contributed by atoms with Crippen LogP contribution in [0.5, 0.6) is 5.75 Å². The number of rotatable bonds is 7. The summed E-state index contributed by atoms with van der Waals surface area (Å²) < 4.78 is 5.50. The molecule has 28 heavy (non-hydrogen) atoms. The zero-order valence-electron chi connectivity index (χ0n) is 16.6. The van der Waals surface area contributed by atoms with Crippen molar-refractivity contribution in [1.29, 1.82) is 0 Å². The number of amides is 2. The highest BCUT2D eigenvalue weighted by atomic mass is 16.5. The first-order chi connectivity index (χ1) is 13.5. The van der Waals surface area contributed by atoms with Crippen LogP contribution in [0.15, 0.2) is 48.5 Å². The van der Waals surface area contributed by atoms with Gasteiger partial charge in [-0.25, -0.2) is 0 Å². The van der Waals surface area contributed by atoms with Crippen LogP contribution in [0.2, 0.25) is 0 Å². The number of ether oxygens (including phenoxy) is 1. The van der Waals surface area contributed by atoms with Crippen molar-refractivity contribution in [1.82, 2.24) is 5.32 Å². The van der Waals surface area contributed by atoms with Gasteiger partial charge in [-0.3, -0.25) is 14.5 Å². The minimum absolute atomic E-state index is 0.0503. The van der Waals surface area contributed by atoms with Gasteiger partial charge in [0.05, 0.1) is 5.69 Å². The summed E-state index contributed by atoms with van der Waals surface area (Å²) in [6.45, 7) is 7.79. The van der Waals surface area contributed by atoms with Gasteiger partial charge in [0, 0.05) is 25.3 Å². The molecule has 0 bridgehead atoms. The van der Waals surface area contributed by atoms with Crippen LogP contribution in [0.3, 0.4) is 0 Å². The molecular weight excluding hydrogens is 354 g/mol. The zero-order chi connectivity index (χ0) is 20.1. The van der Waals surface area contributed by atoms with Crippen LogP contribution in [0.25, 0.3) is 0 Å². The lowest BCUT2D eigenvalue weighted by atomic mass is 10.1. The van der Waals surface area contributed by atoms with E-state index in [1.807, 2.05) is 43.3 Å². The van der Waals surface area contributed by atoms with E-state index in [1.165, 1.54) is 4.90 Å². The van der Waals surface area contributed by atoms with Gasteiger partial charge in [-0.2, -0.15) is 0 Å². The molecule has 0 aromatic heterocycles. The Kier molecular flexibility index (Phi) is 6.19. The van der Waals surface area contributed by atoms with Gasteiger partial charge in [0.2, 0.25) is 5.91 Å². The number of hydrogen-bond donors (Lipinski definition) is 1. The van der Waals surface area contributed by atoms with Crippen LogP contribution >= 0.6 is 0 Å². The van der Waals surface area contributed by atoms with E-state index >= 15 is 0 Å². The van der Waals surface area contributed by atoms with Gasteiger partial charge in [0.25, 0.3) is 5.91 Å². The van der Waals surface area contributed by atoms with Gasteiger partial charge >= 0.3 is 0 Å². The van der Waals surface area contributed by atoms with E-state index in [9.17, 15) is 9.59 Å². The normalized spacial score (nSPS) is 14.1. The lowest BCUT2D eigenvalue weighted by Crippen LogP contribution is -2.52. The Hall–Kier alpha value is -3.02. The molecule has 0 aliphatic carbocycles. The summed E-state index contributed by atoms with van der Waals surface area (Å²) in [7, 11) is 0. The number of aryl methyl sites for hydroxylation is 1. The molecule has 1 atom stereocenters. The van der Waals surface area contributed by atoms with Crippen LogP contribution in [0.1, 0.15) is 19.4 Å². The average molecular weight is 381 g/mol. The summed E-state index contributed by atoms with van der Waals surface area (Å²) in [5.41, 5.74) is 2.79. The number of nitrogens with zero attached hydrogens (tertiary/aromatic N) is 2.